The Morgan fingerprint density at radius 3 is 1.45 bits per heavy atom. The topological polar surface area (TPSA) is 407 Å². The smallest absolute Gasteiger partial charge is 0.220 e. The monoisotopic (exact) mass is 910 g/mol. The summed E-state index contributed by atoms with van der Waals surface area (Å²) in [6, 6.07) is 10.0. The lowest BCUT2D eigenvalue weighted by Gasteiger charge is -2.47. The lowest BCUT2D eigenvalue weighted by Crippen LogP contribution is -2.71. The molecule has 2 fully saturated rings. The molecule has 22 nitrogen and oxygen atoms in total. The molecule has 2 aromatic rings. The second kappa shape index (κ2) is 18.3. The molecule has 4 aliphatic rings. The first kappa shape index (κ1) is 48.2. The van der Waals surface area contributed by atoms with Gasteiger partial charge in [-0.2, -0.15) is 0 Å². The van der Waals surface area contributed by atoms with Crippen LogP contribution in [-0.2, 0) is 33.4 Å². The average Bonchev–Trinajstić information content (AvgIpc) is 3.28. The quantitative estimate of drug-likeness (QED) is 0.0470. The van der Waals surface area contributed by atoms with Crippen molar-refractivity contribution in [2.75, 3.05) is 13.2 Å². The molecule has 2 aliphatic carbocycles. The molecule has 12 atom stereocenters. The fraction of sp³-hybridized carbons (Fsp3) is 0.326. The van der Waals surface area contributed by atoms with Crippen LogP contribution in [0.2, 0.25) is 0 Å². The van der Waals surface area contributed by atoms with Crippen LogP contribution in [0, 0.1) is 0 Å². The van der Waals surface area contributed by atoms with Crippen molar-refractivity contribution in [3.63, 3.8) is 0 Å². The Morgan fingerprint density at radius 1 is 0.569 bits per heavy atom. The normalized spacial score (nSPS) is 35.2. The van der Waals surface area contributed by atoms with E-state index < -0.39 is 154 Å². The first-order chi connectivity index (χ1) is 30.5. The minimum atomic E-state index is -3.96. The van der Waals surface area contributed by atoms with Crippen molar-refractivity contribution in [2.24, 2.45) is 0 Å². The lowest BCUT2D eigenvalue weighted by atomic mass is 9.68. The molecular formula is C43H42O22. The van der Waals surface area contributed by atoms with E-state index in [2.05, 4.69) is 0 Å². The number of carbonyl (C=O) groups is 5. The molecule has 65 heavy (non-hydrogen) atoms. The maximum absolute atomic E-state index is 14.5. The van der Waals surface area contributed by atoms with Crippen molar-refractivity contribution in [3.05, 3.63) is 117 Å². The Morgan fingerprint density at radius 2 is 1.00 bits per heavy atom. The number of rotatable bonds is 10. The first-order valence-electron chi connectivity index (χ1n) is 19.3. The Bertz CT molecular complexity index is 2460. The van der Waals surface area contributed by atoms with Crippen molar-refractivity contribution in [1.29, 1.82) is 0 Å². The third kappa shape index (κ3) is 8.22. The summed E-state index contributed by atoms with van der Waals surface area (Å²) in [6.45, 7) is -2.35. The van der Waals surface area contributed by atoms with Crippen LogP contribution in [0.3, 0.4) is 0 Å². The van der Waals surface area contributed by atoms with Crippen molar-refractivity contribution < 1.29 is 110 Å². The molecule has 0 aromatic heterocycles. The van der Waals surface area contributed by atoms with Gasteiger partial charge in [0, 0.05) is 0 Å². The van der Waals surface area contributed by atoms with Gasteiger partial charge in [-0.1, -0.05) is 36.4 Å². The van der Waals surface area contributed by atoms with E-state index in [1.165, 1.54) is 48.5 Å². The standard InChI is InChI=1S/C43H42O22/c44-14-24-30(52)32(54)34(56)40(64-24)42(62)36(58)20(28(50)26(38(42)60)22(48)11-5-16-1-7-18(46)8-2-16)13-21-29(51)27(23(49)12-6-17-3-9-19(47)10-4-17)39(61)43(63,37(21)59)41-35(57)33(55)31(53)25(15-45)65-41/h1-13,24-25,30-35,40-41,44-48,50-57,62-63H,14-15H2/b11-5+,12-6+,21-13+,26-22+/t24-,25-,30-,31-,32+,33+,34-,35-,40?,41?,42+,43-/m1/s1. The minimum Gasteiger partial charge on any atom is -0.508 e. The van der Waals surface area contributed by atoms with Gasteiger partial charge in [0.05, 0.1) is 24.4 Å². The molecule has 6 rings (SSSR count). The van der Waals surface area contributed by atoms with E-state index in [-0.39, 0.29) is 28.7 Å². The van der Waals surface area contributed by atoms with Crippen molar-refractivity contribution in [3.8, 4) is 11.5 Å². The maximum atomic E-state index is 14.5. The third-order valence-electron chi connectivity index (χ3n) is 11.4. The molecule has 0 amide bonds. The van der Waals surface area contributed by atoms with Gasteiger partial charge in [-0.3, -0.25) is 24.0 Å². The van der Waals surface area contributed by atoms with Gasteiger partial charge in [0.25, 0.3) is 0 Å². The summed E-state index contributed by atoms with van der Waals surface area (Å²) in [5, 5.41) is 162. The number of aliphatic hydroxyl groups is 13. The van der Waals surface area contributed by atoms with Crippen molar-refractivity contribution in [2.45, 2.75) is 72.2 Å². The van der Waals surface area contributed by atoms with Gasteiger partial charge in [0.2, 0.25) is 34.3 Å². The first-order valence-corrected chi connectivity index (χ1v) is 19.3. The molecule has 2 saturated heterocycles. The second-order valence-corrected chi connectivity index (χ2v) is 15.4. The molecule has 2 heterocycles. The van der Waals surface area contributed by atoms with E-state index in [0.29, 0.717) is 6.08 Å². The molecule has 0 bridgehead atoms. The lowest BCUT2D eigenvalue weighted by molar-refractivity contribution is -0.260. The van der Waals surface area contributed by atoms with Crippen LogP contribution in [0.4, 0.5) is 0 Å². The van der Waals surface area contributed by atoms with Gasteiger partial charge in [-0.25, -0.2) is 0 Å². The predicted molar refractivity (Wildman–Crippen MR) is 214 cm³/mol. The van der Waals surface area contributed by atoms with Gasteiger partial charge in [0.15, 0.2) is 5.78 Å². The zero-order chi connectivity index (χ0) is 48.0. The van der Waals surface area contributed by atoms with Gasteiger partial charge >= 0.3 is 0 Å². The zero-order valence-electron chi connectivity index (χ0n) is 33.3. The highest BCUT2D eigenvalue weighted by Gasteiger charge is 2.66. The van der Waals surface area contributed by atoms with E-state index >= 15 is 0 Å². The van der Waals surface area contributed by atoms with Gasteiger partial charge < -0.3 is 86.1 Å². The van der Waals surface area contributed by atoms with E-state index in [1.54, 1.807) is 0 Å². The zero-order valence-corrected chi connectivity index (χ0v) is 33.3. The van der Waals surface area contributed by atoms with Gasteiger partial charge in [0.1, 0.15) is 101 Å². The number of ether oxygens (including phenoxy) is 2. The molecule has 2 aromatic carbocycles. The maximum Gasteiger partial charge on any atom is 0.220 e. The predicted octanol–water partition coefficient (Wildman–Crippen LogP) is -3.79. The molecule has 0 saturated carbocycles. The fourth-order valence-corrected chi connectivity index (χ4v) is 7.67. The van der Waals surface area contributed by atoms with Crippen LogP contribution in [0.15, 0.2) is 106 Å². The van der Waals surface area contributed by atoms with E-state index in [9.17, 15) is 101 Å². The SMILES string of the molecule is O=C(/C=C/c1ccc(O)cc1)C1=C(O)/C(=C\C2=C(O)C(=C(O)/C=C/c3ccc(O)cc3)/C(=O)[C@](O)(C3O[C@H](CO)[C@@H](O)[C@H](O)[C@H]3O)C2=O)C(=O)[C@](O)(C2O[C@H](CO)[C@@H](O)[C@H](O)[C@H]2O)C1=O. The van der Waals surface area contributed by atoms with E-state index in [4.69, 9.17) is 9.47 Å². The largest absolute Gasteiger partial charge is 0.508 e. The van der Waals surface area contributed by atoms with Gasteiger partial charge in [-0.05, 0) is 53.6 Å². The molecule has 0 spiro atoms. The summed E-state index contributed by atoms with van der Waals surface area (Å²) >= 11 is 0. The number of phenolic OH excluding ortho intramolecular Hbond substituents is 2. The highest BCUT2D eigenvalue weighted by Crippen LogP contribution is 2.43. The molecule has 2 unspecified atom stereocenters. The summed E-state index contributed by atoms with van der Waals surface area (Å²) in [6.07, 6.45) is -19.9. The van der Waals surface area contributed by atoms with Crippen LogP contribution >= 0.6 is 0 Å². The Kier molecular flexibility index (Phi) is 13.6. The molecule has 15 N–H and O–H groups in total. The number of phenols is 2. The van der Waals surface area contributed by atoms with Crippen molar-refractivity contribution in [1.82, 2.24) is 0 Å². The van der Waals surface area contributed by atoms with Crippen LogP contribution in [0.5, 0.6) is 11.5 Å². The number of hydrogen-bond donors (Lipinski definition) is 15. The fourth-order valence-electron chi connectivity index (χ4n) is 7.67. The number of allylic oxidation sites excluding steroid dienone is 5. The number of Topliss-reactive ketones (excluding diaryl/α,β-unsaturated/α-hetero) is 4. The third-order valence-corrected chi connectivity index (χ3v) is 11.4. The molecule has 22 heteroatoms. The number of aliphatic hydroxyl groups excluding tert-OH is 11. The highest BCUT2D eigenvalue weighted by molar-refractivity contribution is 6.38. The molecule has 0 radical (unpaired) electrons. The van der Waals surface area contributed by atoms with Crippen LogP contribution < -0.4 is 0 Å². The molecule has 2 aliphatic heterocycles. The summed E-state index contributed by atoms with van der Waals surface area (Å²) in [7, 11) is 0. The molecule has 346 valence electrons. The Labute approximate surface area is 365 Å². The summed E-state index contributed by atoms with van der Waals surface area (Å²) in [4.78, 5) is 71.4. The second-order valence-electron chi connectivity index (χ2n) is 15.4. The Hall–Kier alpha value is -6.25. The van der Waals surface area contributed by atoms with Crippen LogP contribution in [0.1, 0.15) is 11.1 Å². The minimum absolute atomic E-state index is 0.103. The highest BCUT2D eigenvalue weighted by atomic mass is 16.6. The van der Waals surface area contributed by atoms with E-state index in [0.717, 1.165) is 18.2 Å². The van der Waals surface area contributed by atoms with Gasteiger partial charge in [-0.15, -0.1) is 0 Å². The average molecular weight is 911 g/mol. The number of ketones is 5. The summed E-state index contributed by atoms with van der Waals surface area (Å²) in [5.74, 6) is -14.7. The number of carbonyl (C=O) groups excluding carboxylic acids is 5. The Balaban J connectivity index is 1.62. The van der Waals surface area contributed by atoms with Crippen LogP contribution in [-0.4, -0.2) is 191 Å². The summed E-state index contributed by atoms with van der Waals surface area (Å²) < 4.78 is 10.7. The number of aromatic hydroxyl groups is 2. The van der Waals surface area contributed by atoms with E-state index in [1.807, 2.05) is 0 Å². The van der Waals surface area contributed by atoms with Crippen LogP contribution in [0.25, 0.3) is 12.2 Å². The number of benzene rings is 2. The van der Waals surface area contributed by atoms with Crippen molar-refractivity contribution >= 4 is 41.1 Å². The molecular weight excluding hydrogens is 868 g/mol. The summed E-state index contributed by atoms with van der Waals surface area (Å²) in [5.41, 5.74) is -13.4. The number of hydrogen-bond acceptors (Lipinski definition) is 22.